The first-order chi connectivity index (χ1) is 2.91. The van der Waals surface area contributed by atoms with Crippen LogP contribution in [0.15, 0.2) is 0 Å². The third-order valence-corrected chi connectivity index (χ3v) is 7.18. The molecule has 0 aliphatic carbocycles. The standard InChI is InChI=1S/H2S6/c1-3-5-6-4-2/h1-2H. The van der Waals surface area contributed by atoms with Crippen LogP contribution in [-0.2, 0) is 0 Å². The highest BCUT2D eigenvalue weighted by Crippen LogP contribution is 2.45. The summed E-state index contributed by atoms with van der Waals surface area (Å²) in [5, 5.41) is 0. The Hall–Kier alpha value is 2.10. The maximum absolute atomic E-state index is 3.87. The van der Waals surface area contributed by atoms with Gasteiger partial charge in [0.25, 0.3) is 0 Å². The zero-order valence-corrected chi connectivity index (χ0v) is 7.58. The van der Waals surface area contributed by atoms with Crippen LogP contribution in [0, 0.1) is 0 Å². The zero-order valence-electron chi connectivity index (χ0n) is 2.53. The van der Waals surface area contributed by atoms with Gasteiger partial charge in [-0.3, -0.25) is 0 Å². The second-order valence-electron chi connectivity index (χ2n) is 0.285. The van der Waals surface area contributed by atoms with E-state index in [0.29, 0.717) is 0 Å². The van der Waals surface area contributed by atoms with E-state index in [9.17, 15) is 0 Å². The van der Waals surface area contributed by atoms with Gasteiger partial charge < -0.3 is 0 Å². The Morgan fingerprint density at radius 1 is 0.833 bits per heavy atom. The molecule has 0 fully saturated rings. The fourth-order valence-electron chi connectivity index (χ4n) is 0.0248. The highest BCUT2D eigenvalue weighted by molar-refractivity contribution is 9.40. The minimum atomic E-state index is 1.43. The molecule has 0 unspecified atom stereocenters. The summed E-state index contributed by atoms with van der Waals surface area (Å²) in [5.41, 5.74) is 0. The normalized spacial score (nSPS) is 9.00. The number of rotatable bonds is 3. The molecule has 0 rings (SSSR count). The van der Waals surface area contributed by atoms with Crippen LogP contribution in [0.25, 0.3) is 0 Å². The van der Waals surface area contributed by atoms with Gasteiger partial charge in [0.15, 0.2) is 0 Å². The van der Waals surface area contributed by atoms with Gasteiger partial charge in [-0.25, -0.2) is 0 Å². The van der Waals surface area contributed by atoms with Crippen LogP contribution in [0.3, 0.4) is 0 Å². The van der Waals surface area contributed by atoms with Crippen LogP contribution < -0.4 is 0 Å². The van der Waals surface area contributed by atoms with Crippen molar-refractivity contribution in [3.05, 3.63) is 0 Å². The van der Waals surface area contributed by atoms with E-state index in [-0.39, 0.29) is 0 Å². The van der Waals surface area contributed by atoms with Crippen LogP contribution in [-0.4, -0.2) is 0 Å². The van der Waals surface area contributed by atoms with Gasteiger partial charge in [0, 0.05) is 0 Å². The van der Waals surface area contributed by atoms with Crippen LogP contribution in [0.1, 0.15) is 0 Å². The van der Waals surface area contributed by atoms with E-state index in [2.05, 4.69) is 23.3 Å². The molecule has 0 radical (unpaired) electrons. The molecule has 0 saturated carbocycles. The van der Waals surface area contributed by atoms with Crippen molar-refractivity contribution in [2.75, 3.05) is 0 Å². The molecular weight excluding hydrogens is 192 g/mol. The van der Waals surface area contributed by atoms with Gasteiger partial charge >= 0.3 is 0 Å². The molecule has 0 aromatic rings. The molecule has 0 atom stereocenters. The Bertz CT molecular complexity index is 12.0. The first kappa shape index (κ1) is 8.10. The van der Waals surface area contributed by atoms with Gasteiger partial charge in [-0.15, -0.1) is 0 Å². The SMILES string of the molecule is SSSSSS. The average molecular weight is 194 g/mol. The largest absolute Gasteiger partial charge is 0.0988 e. The van der Waals surface area contributed by atoms with Gasteiger partial charge in [-0.2, -0.15) is 0 Å². The van der Waals surface area contributed by atoms with Crippen molar-refractivity contribution in [1.29, 1.82) is 0 Å². The van der Waals surface area contributed by atoms with Crippen molar-refractivity contribution in [2.45, 2.75) is 0 Å². The van der Waals surface area contributed by atoms with E-state index in [0.717, 1.165) is 0 Å². The van der Waals surface area contributed by atoms with Crippen molar-refractivity contribution in [2.24, 2.45) is 0 Å². The highest BCUT2D eigenvalue weighted by Gasteiger charge is 1.79. The van der Waals surface area contributed by atoms with Crippen molar-refractivity contribution >= 4 is 62.6 Å². The quantitative estimate of drug-likeness (QED) is 0.401. The third kappa shape index (κ3) is 6.10. The smallest absolute Gasteiger partial charge is 0.00114 e. The van der Waals surface area contributed by atoms with Crippen molar-refractivity contribution in [3.8, 4) is 0 Å². The lowest BCUT2D eigenvalue weighted by Gasteiger charge is -1.82. The number of hydrogen-bond acceptors (Lipinski definition) is 6. The second kappa shape index (κ2) is 7.10. The predicted molar refractivity (Wildman–Crippen MR) is 48.3 cm³/mol. The number of thiol groups is 2. The van der Waals surface area contributed by atoms with E-state index in [4.69, 9.17) is 0 Å². The number of hydrogen-bond donors (Lipinski definition) is 2. The summed E-state index contributed by atoms with van der Waals surface area (Å²) in [6, 6.07) is 0. The summed E-state index contributed by atoms with van der Waals surface area (Å²) in [6.45, 7) is 0. The molecule has 0 aliphatic heterocycles. The molecular formula is H2S6. The Morgan fingerprint density at radius 3 is 1.33 bits per heavy atom. The Labute approximate surface area is 62.2 Å². The van der Waals surface area contributed by atoms with Crippen LogP contribution in [0.4, 0.5) is 0 Å². The Kier molecular flexibility index (Phi) is 9.59. The summed E-state index contributed by atoms with van der Waals surface area (Å²) < 4.78 is 0. The second-order valence-corrected chi connectivity index (χ2v) is 7.70. The van der Waals surface area contributed by atoms with Crippen molar-refractivity contribution < 1.29 is 0 Å². The molecule has 0 bridgehead atoms. The van der Waals surface area contributed by atoms with Gasteiger partial charge in [0.05, 0.1) is 0 Å². The monoisotopic (exact) mass is 194 g/mol. The minimum Gasteiger partial charge on any atom is -0.0988 e. The van der Waals surface area contributed by atoms with Crippen molar-refractivity contribution in [3.63, 3.8) is 0 Å². The lowest BCUT2D eigenvalue weighted by Crippen LogP contribution is -1.15. The fraction of sp³-hybridized carbons (Fsp3) is 0. The molecule has 0 N–H and O–H groups in total. The lowest BCUT2D eigenvalue weighted by molar-refractivity contribution is 5.79. The molecule has 0 aromatic heterocycles. The Morgan fingerprint density at radius 2 is 1.17 bits per heavy atom. The summed E-state index contributed by atoms with van der Waals surface area (Å²) >= 11 is 7.73. The first-order valence-corrected chi connectivity index (χ1v) is 7.79. The van der Waals surface area contributed by atoms with Gasteiger partial charge in [-0.05, 0) is 39.3 Å². The predicted octanol–water partition coefficient (Wildman–Crippen LogP) is 3.35. The van der Waals surface area contributed by atoms with Crippen molar-refractivity contribution in [1.82, 2.24) is 0 Å². The molecule has 0 nitrogen and oxygen atoms in total. The first-order valence-electron chi connectivity index (χ1n) is 0.865. The summed E-state index contributed by atoms with van der Waals surface area (Å²) in [6.07, 6.45) is 0. The van der Waals surface area contributed by atoms with E-state index >= 15 is 0 Å². The topological polar surface area (TPSA) is 0 Å². The third-order valence-electron chi connectivity index (χ3n) is 0.0886. The molecule has 0 aromatic carbocycles. The van der Waals surface area contributed by atoms with E-state index in [1.807, 2.05) is 0 Å². The van der Waals surface area contributed by atoms with E-state index < -0.39 is 0 Å². The summed E-state index contributed by atoms with van der Waals surface area (Å²) in [7, 11) is 6.05. The fourth-order valence-corrected chi connectivity index (χ4v) is 6.04. The Balaban J connectivity index is 2.34. The van der Waals surface area contributed by atoms with E-state index in [1.54, 1.807) is 19.7 Å². The van der Waals surface area contributed by atoms with E-state index in [1.165, 1.54) is 19.7 Å². The average Bonchev–Trinajstić information content (AvgIpc) is 1.61. The van der Waals surface area contributed by atoms with Crippen LogP contribution in [0.2, 0.25) is 0 Å². The van der Waals surface area contributed by atoms with Gasteiger partial charge in [0.2, 0.25) is 0 Å². The molecule has 0 saturated heterocycles. The molecule has 6 heavy (non-hydrogen) atoms. The molecule has 6 heteroatoms. The maximum atomic E-state index is 3.87. The lowest BCUT2D eigenvalue weighted by atomic mass is 30.3. The minimum absolute atomic E-state index is 1.43. The molecule has 0 amide bonds. The highest BCUT2D eigenvalue weighted by atomic mass is 33.9. The molecule has 0 aliphatic rings. The molecule has 38 valence electrons. The van der Waals surface area contributed by atoms with Gasteiger partial charge in [-0.1, -0.05) is 23.3 Å². The van der Waals surface area contributed by atoms with Gasteiger partial charge in [0.1, 0.15) is 0 Å². The maximum Gasteiger partial charge on any atom is -0.00114 e. The molecule has 0 spiro atoms. The van der Waals surface area contributed by atoms with Crippen LogP contribution in [0.5, 0.6) is 0 Å². The van der Waals surface area contributed by atoms with Crippen LogP contribution >= 0.6 is 62.6 Å². The molecule has 0 heterocycles. The summed E-state index contributed by atoms with van der Waals surface area (Å²) in [4.78, 5) is 0. The summed E-state index contributed by atoms with van der Waals surface area (Å²) in [5.74, 6) is 0. The zero-order chi connectivity index (χ0) is 4.83.